The quantitative estimate of drug-likeness (QED) is 0.488. The summed E-state index contributed by atoms with van der Waals surface area (Å²) in [6, 6.07) is 12.5. The van der Waals surface area contributed by atoms with Crippen molar-refractivity contribution in [2.75, 3.05) is 19.8 Å². The molecule has 2 aromatic rings. The molecule has 0 radical (unpaired) electrons. The normalized spacial score (nSPS) is 18.6. The summed E-state index contributed by atoms with van der Waals surface area (Å²) in [7, 11) is 0. The molecule has 1 aliphatic rings. The third-order valence-corrected chi connectivity index (χ3v) is 5.50. The van der Waals surface area contributed by atoms with Gasteiger partial charge in [-0.25, -0.2) is 9.59 Å². The molecule has 9 heteroatoms. The molecule has 1 heterocycles. The third kappa shape index (κ3) is 6.62. The molecule has 184 valence electrons. The Morgan fingerprint density at radius 2 is 1.68 bits per heavy atom. The Bertz CT molecular complexity index is 999. The van der Waals surface area contributed by atoms with Crippen LogP contribution in [0.2, 0.25) is 5.02 Å². The zero-order chi connectivity index (χ0) is 24.7. The molecule has 0 fully saturated rings. The zero-order valence-corrected chi connectivity index (χ0v) is 20.2. The van der Waals surface area contributed by atoms with E-state index in [1.807, 2.05) is 19.1 Å². The highest BCUT2D eigenvalue weighted by Gasteiger charge is 2.44. The number of hydrogen-bond donors (Lipinski definition) is 2. The number of benzene rings is 2. The van der Waals surface area contributed by atoms with E-state index in [1.54, 1.807) is 44.2 Å². The minimum atomic E-state index is -1.26. The van der Waals surface area contributed by atoms with Gasteiger partial charge >= 0.3 is 11.9 Å². The fourth-order valence-electron chi connectivity index (χ4n) is 3.63. The van der Waals surface area contributed by atoms with Crippen LogP contribution in [0, 0.1) is 0 Å². The molecule has 3 rings (SSSR count). The number of esters is 2. The van der Waals surface area contributed by atoms with Crippen molar-refractivity contribution in [3.63, 3.8) is 0 Å². The van der Waals surface area contributed by atoms with Crippen LogP contribution in [0.1, 0.15) is 38.0 Å². The fraction of sp³-hybridized carbons (Fsp3) is 0.440. The largest absolute Gasteiger partial charge is 0.470 e. The Balaban J connectivity index is 1.65. The van der Waals surface area contributed by atoms with Crippen molar-refractivity contribution >= 4 is 23.5 Å². The molecule has 0 spiro atoms. The van der Waals surface area contributed by atoms with Gasteiger partial charge in [-0.15, -0.1) is 0 Å². The van der Waals surface area contributed by atoms with Gasteiger partial charge in [0.1, 0.15) is 0 Å². The molecule has 34 heavy (non-hydrogen) atoms. The number of hydrogen-bond acceptors (Lipinski definition) is 8. The van der Waals surface area contributed by atoms with Crippen molar-refractivity contribution in [3.05, 3.63) is 58.6 Å². The van der Waals surface area contributed by atoms with Gasteiger partial charge in [-0.2, -0.15) is 0 Å². The van der Waals surface area contributed by atoms with E-state index in [1.165, 1.54) is 0 Å². The highest BCUT2D eigenvalue weighted by atomic mass is 35.5. The Labute approximate surface area is 204 Å². The standard InChI is InChI=1S/C25H30ClNO7/c1-4-31-24(29)22-23(25(30)32-5-2)34-21-12-16(9-10-20(21)33-22)11-15(3)27-14-19(28)17-7-6-8-18(26)13-17/h6-10,12-13,15,19,22-23,27-28H,4-5,11,14H2,1-3H3. The summed E-state index contributed by atoms with van der Waals surface area (Å²) in [6.07, 6.45) is -2.56. The van der Waals surface area contributed by atoms with Crippen LogP contribution in [0.5, 0.6) is 11.5 Å². The van der Waals surface area contributed by atoms with Crippen LogP contribution in [-0.2, 0) is 25.5 Å². The Morgan fingerprint density at radius 3 is 2.29 bits per heavy atom. The fourth-order valence-corrected chi connectivity index (χ4v) is 3.83. The first-order chi connectivity index (χ1) is 16.3. The molecule has 0 aliphatic carbocycles. The maximum atomic E-state index is 12.4. The Kier molecular flexibility index (Phi) is 9.15. The van der Waals surface area contributed by atoms with Crippen molar-refractivity contribution < 1.29 is 33.6 Å². The molecule has 0 bridgehead atoms. The Morgan fingerprint density at radius 1 is 1.03 bits per heavy atom. The number of fused-ring (bicyclic) bond motifs is 1. The van der Waals surface area contributed by atoms with Gasteiger partial charge < -0.3 is 29.4 Å². The number of rotatable bonds is 10. The minimum absolute atomic E-state index is 0.0320. The lowest BCUT2D eigenvalue weighted by Crippen LogP contribution is -2.51. The molecule has 0 aromatic heterocycles. The number of nitrogens with one attached hydrogen (secondary N) is 1. The maximum absolute atomic E-state index is 12.4. The average molecular weight is 492 g/mol. The van der Waals surface area contributed by atoms with Gasteiger partial charge in [0.2, 0.25) is 12.2 Å². The Hall–Kier alpha value is -2.81. The molecule has 0 saturated carbocycles. The van der Waals surface area contributed by atoms with Gasteiger partial charge in [0.15, 0.2) is 11.5 Å². The van der Waals surface area contributed by atoms with E-state index in [0.29, 0.717) is 29.5 Å². The van der Waals surface area contributed by atoms with Gasteiger partial charge in [0.25, 0.3) is 0 Å². The van der Waals surface area contributed by atoms with E-state index in [4.69, 9.17) is 30.5 Å². The second-order valence-corrected chi connectivity index (χ2v) is 8.38. The van der Waals surface area contributed by atoms with Crippen molar-refractivity contribution in [2.45, 2.75) is 51.5 Å². The van der Waals surface area contributed by atoms with Gasteiger partial charge in [-0.3, -0.25) is 0 Å². The summed E-state index contributed by atoms with van der Waals surface area (Å²) in [4.78, 5) is 24.7. The lowest BCUT2D eigenvalue weighted by Gasteiger charge is -2.31. The number of aliphatic hydroxyl groups excluding tert-OH is 1. The maximum Gasteiger partial charge on any atom is 0.351 e. The minimum Gasteiger partial charge on any atom is -0.470 e. The van der Waals surface area contributed by atoms with Crippen LogP contribution in [0.3, 0.4) is 0 Å². The van der Waals surface area contributed by atoms with Crippen LogP contribution in [-0.4, -0.2) is 55.1 Å². The molecule has 8 nitrogen and oxygen atoms in total. The highest BCUT2D eigenvalue weighted by molar-refractivity contribution is 6.30. The first-order valence-corrected chi connectivity index (χ1v) is 11.7. The van der Waals surface area contributed by atoms with Gasteiger partial charge in [-0.05, 0) is 62.6 Å². The van der Waals surface area contributed by atoms with E-state index < -0.39 is 30.3 Å². The molecular weight excluding hydrogens is 462 g/mol. The summed E-state index contributed by atoms with van der Waals surface area (Å²) in [5, 5.41) is 14.3. The number of halogens is 1. The monoisotopic (exact) mass is 491 g/mol. The van der Waals surface area contributed by atoms with Crippen molar-refractivity contribution in [3.8, 4) is 11.5 Å². The van der Waals surface area contributed by atoms with E-state index in [0.717, 1.165) is 11.1 Å². The molecule has 4 unspecified atom stereocenters. The lowest BCUT2D eigenvalue weighted by atomic mass is 10.0. The SMILES string of the molecule is CCOC(=O)C1Oc2ccc(CC(C)NCC(O)c3cccc(Cl)c3)cc2OC1C(=O)OCC. The summed E-state index contributed by atoms with van der Waals surface area (Å²) >= 11 is 6.00. The second-order valence-electron chi connectivity index (χ2n) is 7.95. The first kappa shape index (κ1) is 25.8. The van der Waals surface area contributed by atoms with Crippen molar-refractivity contribution in [1.82, 2.24) is 5.32 Å². The number of carbonyl (C=O) groups excluding carboxylic acids is 2. The number of ether oxygens (including phenoxy) is 4. The summed E-state index contributed by atoms with van der Waals surface area (Å²) < 4.78 is 21.7. The molecular formula is C25H30ClNO7. The third-order valence-electron chi connectivity index (χ3n) is 5.26. The topological polar surface area (TPSA) is 103 Å². The van der Waals surface area contributed by atoms with Crippen LogP contribution in [0.15, 0.2) is 42.5 Å². The van der Waals surface area contributed by atoms with E-state index >= 15 is 0 Å². The summed E-state index contributed by atoms with van der Waals surface area (Å²) in [6.45, 7) is 6.00. The van der Waals surface area contributed by atoms with E-state index in [-0.39, 0.29) is 19.3 Å². The van der Waals surface area contributed by atoms with Crippen LogP contribution in [0.4, 0.5) is 0 Å². The van der Waals surface area contributed by atoms with Crippen LogP contribution < -0.4 is 14.8 Å². The molecule has 0 amide bonds. The summed E-state index contributed by atoms with van der Waals surface area (Å²) in [5.41, 5.74) is 1.67. The molecule has 2 N–H and O–H groups in total. The van der Waals surface area contributed by atoms with Crippen LogP contribution in [0.25, 0.3) is 0 Å². The molecule has 4 atom stereocenters. The first-order valence-electron chi connectivity index (χ1n) is 11.3. The summed E-state index contributed by atoms with van der Waals surface area (Å²) in [5.74, 6) is -0.686. The van der Waals surface area contributed by atoms with E-state index in [9.17, 15) is 14.7 Å². The molecule has 0 saturated heterocycles. The van der Waals surface area contributed by atoms with Crippen molar-refractivity contribution in [1.29, 1.82) is 0 Å². The molecule has 1 aliphatic heterocycles. The number of carbonyl (C=O) groups is 2. The van der Waals surface area contributed by atoms with E-state index in [2.05, 4.69) is 5.32 Å². The predicted molar refractivity (Wildman–Crippen MR) is 126 cm³/mol. The van der Waals surface area contributed by atoms with Gasteiger partial charge in [0.05, 0.1) is 19.3 Å². The highest BCUT2D eigenvalue weighted by Crippen LogP contribution is 2.36. The predicted octanol–water partition coefficient (Wildman–Crippen LogP) is 3.23. The zero-order valence-electron chi connectivity index (χ0n) is 19.5. The van der Waals surface area contributed by atoms with Crippen molar-refractivity contribution in [2.24, 2.45) is 0 Å². The lowest BCUT2D eigenvalue weighted by molar-refractivity contribution is -0.171. The number of aliphatic hydroxyl groups is 1. The smallest absolute Gasteiger partial charge is 0.351 e. The molecule has 2 aromatic carbocycles. The van der Waals surface area contributed by atoms with Gasteiger partial charge in [-0.1, -0.05) is 29.8 Å². The average Bonchev–Trinajstić information content (AvgIpc) is 2.82. The van der Waals surface area contributed by atoms with Crippen LogP contribution >= 0.6 is 11.6 Å². The second kappa shape index (κ2) is 12.1. The van der Waals surface area contributed by atoms with Gasteiger partial charge in [0, 0.05) is 17.6 Å².